The SMILES string of the molecule is C[C@H](CO)N1C[C@H](C)[C@H](CN(C)C(=O)Nc2ccc3c(c2)OCO3)OCCCC[C@H](C)Oc2ccc(NC(=O)NC3CCCCC3)cc2C1=O. The molecule has 0 aromatic heterocycles. The molecule has 0 saturated heterocycles. The summed E-state index contributed by atoms with van der Waals surface area (Å²) in [6.07, 6.45) is 7.11. The molecular formula is C37H53N5O8. The number of likely N-dealkylation sites (N-methyl/N-ethyl adjacent to an activating group) is 1. The number of nitrogens with zero attached hydrogens (tertiary/aromatic N) is 2. The highest BCUT2D eigenvalue weighted by Crippen LogP contribution is 2.34. The van der Waals surface area contributed by atoms with E-state index in [1.807, 2.05) is 13.8 Å². The lowest BCUT2D eigenvalue weighted by Crippen LogP contribution is -2.48. The molecule has 0 bridgehead atoms. The normalized spacial score (nSPS) is 22.4. The van der Waals surface area contributed by atoms with E-state index in [1.54, 1.807) is 60.2 Å². The van der Waals surface area contributed by atoms with Gasteiger partial charge >= 0.3 is 12.1 Å². The van der Waals surface area contributed by atoms with Gasteiger partial charge in [0, 0.05) is 56.1 Å². The van der Waals surface area contributed by atoms with Crippen molar-refractivity contribution in [2.24, 2.45) is 5.92 Å². The standard InChI is InChI=1S/C37H53N5O8/c1-24-20-42(25(2)22-43)35(44)30-18-28(39-36(45)38-27-11-6-5-7-12-27)13-15-31(30)50-26(3)10-8-9-17-47-34(24)21-41(4)37(46)40-29-14-16-32-33(19-29)49-23-48-32/h13-16,18-19,24-27,34,43H,5-12,17,20-23H2,1-4H3,(H,40,46)(H2,38,39,45)/t24-,25+,26-,34-/m0/s1. The van der Waals surface area contributed by atoms with Crippen molar-refractivity contribution in [3.8, 4) is 17.2 Å². The van der Waals surface area contributed by atoms with Crippen molar-refractivity contribution in [2.75, 3.05) is 50.8 Å². The topological polar surface area (TPSA) is 151 Å². The van der Waals surface area contributed by atoms with E-state index < -0.39 is 12.1 Å². The third kappa shape index (κ3) is 9.94. The Kier molecular flexibility index (Phi) is 13.1. The summed E-state index contributed by atoms with van der Waals surface area (Å²) < 4.78 is 23.5. The van der Waals surface area contributed by atoms with Crippen LogP contribution in [0, 0.1) is 5.92 Å². The Morgan fingerprint density at radius 1 is 0.940 bits per heavy atom. The van der Waals surface area contributed by atoms with Gasteiger partial charge < -0.3 is 49.8 Å². The Labute approximate surface area is 294 Å². The molecule has 4 atom stereocenters. The van der Waals surface area contributed by atoms with Gasteiger partial charge in [0.15, 0.2) is 11.5 Å². The fourth-order valence-electron chi connectivity index (χ4n) is 6.61. The van der Waals surface area contributed by atoms with Crippen molar-refractivity contribution in [3.05, 3.63) is 42.0 Å². The lowest BCUT2D eigenvalue weighted by Gasteiger charge is -2.35. The number of hydrogen-bond donors (Lipinski definition) is 4. The first-order valence-corrected chi connectivity index (χ1v) is 17.9. The number of benzene rings is 2. The minimum absolute atomic E-state index is 0.137. The Morgan fingerprint density at radius 2 is 1.64 bits per heavy atom. The molecule has 13 nitrogen and oxygen atoms in total. The Bertz CT molecular complexity index is 1470. The number of anilines is 2. The van der Waals surface area contributed by atoms with Crippen LogP contribution < -0.4 is 30.2 Å². The lowest BCUT2D eigenvalue weighted by molar-refractivity contribution is -0.0115. The molecule has 3 aliphatic rings. The van der Waals surface area contributed by atoms with E-state index >= 15 is 0 Å². The minimum Gasteiger partial charge on any atom is -0.490 e. The van der Waals surface area contributed by atoms with Gasteiger partial charge in [-0.2, -0.15) is 0 Å². The second-order valence-corrected chi connectivity index (χ2v) is 13.8. The van der Waals surface area contributed by atoms with Crippen LogP contribution in [0.2, 0.25) is 0 Å². The van der Waals surface area contributed by atoms with Gasteiger partial charge in [0.05, 0.1) is 30.4 Å². The predicted octanol–water partition coefficient (Wildman–Crippen LogP) is 5.83. The number of urea groups is 2. The summed E-state index contributed by atoms with van der Waals surface area (Å²) in [6.45, 7) is 6.63. The highest BCUT2D eigenvalue weighted by Gasteiger charge is 2.31. The lowest BCUT2D eigenvalue weighted by atomic mass is 9.96. The zero-order chi connectivity index (χ0) is 35.6. The zero-order valence-corrected chi connectivity index (χ0v) is 29.7. The van der Waals surface area contributed by atoms with E-state index in [1.165, 1.54) is 6.42 Å². The van der Waals surface area contributed by atoms with E-state index in [4.69, 9.17) is 18.9 Å². The molecule has 2 heterocycles. The molecule has 2 aliphatic heterocycles. The van der Waals surface area contributed by atoms with E-state index in [0.29, 0.717) is 40.8 Å². The van der Waals surface area contributed by atoms with Gasteiger partial charge in [0.25, 0.3) is 5.91 Å². The van der Waals surface area contributed by atoms with Gasteiger partial charge in [-0.25, -0.2) is 9.59 Å². The van der Waals surface area contributed by atoms with Crippen molar-refractivity contribution in [2.45, 2.75) is 96.4 Å². The minimum atomic E-state index is -0.526. The molecule has 1 saturated carbocycles. The quantitative estimate of drug-likeness (QED) is 0.283. The number of carbonyl (C=O) groups excluding carboxylic acids is 3. The number of aliphatic hydroxyl groups is 1. The maximum atomic E-state index is 14.4. The van der Waals surface area contributed by atoms with Crippen molar-refractivity contribution in [1.82, 2.24) is 15.1 Å². The second kappa shape index (κ2) is 17.6. The van der Waals surface area contributed by atoms with Gasteiger partial charge in [0.2, 0.25) is 6.79 Å². The van der Waals surface area contributed by atoms with Gasteiger partial charge in [0.1, 0.15) is 5.75 Å². The first-order valence-electron chi connectivity index (χ1n) is 17.9. The number of nitrogens with one attached hydrogen (secondary N) is 3. The van der Waals surface area contributed by atoms with Crippen LogP contribution in [0.4, 0.5) is 21.0 Å². The number of fused-ring (bicyclic) bond motifs is 2. The van der Waals surface area contributed by atoms with E-state index in [-0.39, 0.29) is 62.5 Å². The molecule has 1 aliphatic carbocycles. The number of amides is 5. The molecule has 2 aromatic carbocycles. The second-order valence-electron chi connectivity index (χ2n) is 13.8. The van der Waals surface area contributed by atoms with Gasteiger partial charge in [-0.3, -0.25) is 4.79 Å². The molecule has 2 aromatic rings. The van der Waals surface area contributed by atoms with E-state index in [2.05, 4.69) is 16.0 Å². The largest absolute Gasteiger partial charge is 0.490 e. The predicted molar refractivity (Wildman–Crippen MR) is 190 cm³/mol. The maximum absolute atomic E-state index is 14.4. The van der Waals surface area contributed by atoms with Crippen LogP contribution in [0.3, 0.4) is 0 Å². The van der Waals surface area contributed by atoms with Crippen LogP contribution in [-0.2, 0) is 4.74 Å². The maximum Gasteiger partial charge on any atom is 0.321 e. The Morgan fingerprint density at radius 3 is 2.40 bits per heavy atom. The molecule has 50 heavy (non-hydrogen) atoms. The van der Waals surface area contributed by atoms with Crippen LogP contribution in [0.15, 0.2) is 36.4 Å². The fraction of sp³-hybridized carbons (Fsp3) is 0.595. The monoisotopic (exact) mass is 695 g/mol. The van der Waals surface area contributed by atoms with Crippen LogP contribution in [0.1, 0.15) is 82.5 Å². The first-order chi connectivity index (χ1) is 24.1. The zero-order valence-electron chi connectivity index (χ0n) is 29.7. The molecule has 4 N–H and O–H groups in total. The smallest absolute Gasteiger partial charge is 0.321 e. The summed E-state index contributed by atoms with van der Waals surface area (Å²) >= 11 is 0. The van der Waals surface area contributed by atoms with Crippen LogP contribution in [0.5, 0.6) is 17.2 Å². The molecule has 274 valence electrons. The third-order valence-electron chi connectivity index (χ3n) is 9.67. The first kappa shape index (κ1) is 37.0. The summed E-state index contributed by atoms with van der Waals surface area (Å²) in [4.78, 5) is 43.8. The molecule has 0 radical (unpaired) electrons. The average Bonchev–Trinajstić information content (AvgIpc) is 3.58. The fourth-order valence-corrected chi connectivity index (χ4v) is 6.61. The summed E-state index contributed by atoms with van der Waals surface area (Å²) in [5.41, 5.74) is 1.35. The van der Waals surface area contributed by atoms with Crippen molar-refractivity contribution >= 4 is 29.3 Å². The Balaban J connectivity index is 1.33. The Hall–Kier alpha value is -4.23. The van der Waals surface area contributed by atoms with Crippen LogP contribution in [-0.4, -0.2) is 97.3 Å². The molecule has 5 amide bonds. The number of carbonyl (C=O) groups is 3. The summed E-state index contributed by atoms with van der Waals surface area (Å²) in [5.74, 6) is 1.08. The van der Waals surface area contributed by atoms with Crippen LogP contribution in [0.25, 0.3) is 0 Å². The molecule has 5 rings (SSSR count). The highest BCUT2D eigenvalue weighted by atomic mass is 16.7. The van der Waals surface area contributed by atoms with Gasteiger partial charge in [-0.05, 0) is 76.3 Å². The van der Waals surface area contributed by atoms with Crippen molar-refractivity contribution in [1.29, 1.82) is 0 Å². The summed E-state index contributed by atoms with van der Waals surface area (Å²) in [7, 11) is 1.71. The van der Waals surface area contributed by atoms with Crippen molar-refractivity contribution in [3.63, 3.8) is 0 Å². The number of aliphatic hydroxyl groups excluding tert-OH is 1. The average molecular weight is 696 g/mol. The number of hydrogen-bond acceptors (Lipinski definition) is 8. The van der Waals surface area contributed by atoms with E-state index in [9.17, 15) is 19.5 Å². The molecule has 13 heteroatoms. The van der Waals surface area contributed by atoms with Crippen LogP contribution >= 0.6 is 0 Å². The third-order valence-corrected chi connectivity index (χ3v) is 9.67. The molecule has 0 spiro atoms. The summed E-state index contributed by atoms with van der Waals surface area (Å²) in [6, 6.07) is 9.36. The molecule has 1 fully saturated rings. The number of ether oxygens (including phenoxy) is 4. The summed E-state index contributed by atoms with van der Waals surface area (Å²) in [5, 5.41) is 19.1. The molecular weight excluding hydrogens is 642 g/mol. The van der Waals surface area contributed by atoms with Gasteiger partial charge in [-0.15, -0.1) is 0 Å². The van der Waals surface area contributed by atoms with E-state index in [0.717, 1.165) is 44.9 Å². The van der Waals surface area contributed by atoms with Gasteiger partial charge in [-0.1, -0.05) is 26.2 Å². The molecule has 0 unspecified atom stereocenters. The highest BCUT2D eigenvalue weighted by molar-refractivity contribution is 5.99. The van der Waals surface area contributed by atoms with Crippen molar-refractivity contribution < 1.29 is 38.4 Å². The number of rotatable bonds is 7.